The van der Waals surface area contributed by atoms with Crippen molar-refractivity contribution in [1.29, 1.82) is 0 Å². The first-order valence-corrected chi connectivity index (χ1v) is 7.37. The molecule has 4 heteroatoms. The fourth-order valence-corrected chi connectivity index (χ4v) is 3.84. The zero-order valence-electron chi connectivity index (χ0n) is 12.5. The molecule has 0 radical (unpaired) electrons. The van der Waals surface area contributed by atoms with E-state index in [1.54, 1.807) is 0 Å². The Morgan fingerprint density at radius 3 is 2.39 bits per heavy atom. The second kappa shape index (κ2) is 5.87. The highest BCUT2D eigenvalue weighted by atomic mass is 15.3. The molecule has 2 aliphatic rings. The smallest absolute Gasteiger partial charge is 0.0310 e. The summed E-state index contributed by atoms with van der Waals surface area (Å²) in [6, 6.07) is 0.584. The Morgan fingerprint density at radius 1 is 1.22 bits per heavy atom. The van der Waals surface area contributed by atoms with Crippen molar-refractivity contribution in [3.05, 3.63) is 0 Å². The molecule has 2 saturated heterocycles. The molecule has 0 aromatic rings. The lowest BCUT2D eigenvalue weighted by atomic mass is 9.82. The number of hydrogen-bond acceptors (Lipinski definition) is 4. The van der Waals surface area contributed by atoms with E-state index < -0.39 is 0 Å². The number of nitrogens with zero attached hydrogens (tertiary/aromatic N) is 2. The monoisotopic (exact) mass is 254 g/mol. The average Bonchev–Trinajstić information content (AvgIpc) is 2.77. The SMILES string of the molecule is CNC(C1CCN(C)C1)C(C)(C)N1CCNCC1. The molecular weight excluding hydrogens is 224 g/mol. The van der Waals surface area contributed by atoms with E-state index in [4.69, 9.17) is 0 Å². The van der Waals surface area contributed by atoms with Gasteiger partial charge in [0.15, 0.2) is 0 Å². The zero-order valence-corrected chi connectivity index (χ0v) is 12.5. The van der Waals surface area contributed by atoms with Crippen molar-refractivity contribution in [2.75, 3.05) is 53.4 Å². The van der Waals surface area contributed by atoms with Gasteiger partial charge in [0.2, 0.25) is 0 Å². The summed E-state index contributed by atoms with van der Waals surface area (Å²) in [7, 11) is 4.37. The maximum atomic E-state index is 3.61. The van der Waals surface area contributed by atoms with Gasteiger partial charge in [-0.05, 0) is 46.8 Å². The fraction of sp³-hybridized carbons (Fsp3) is 1.00. The van der Waals surface area contributed by atoms with Crippen LogP contribution < -0.4 is 10.6 Å². The van der Waals surface area contributed by atoms with Crippen LogP contribution in [0.3, 0.4) is 0 Å². The second-order valence-corrected chi connectivity index (χ2v) is 6.47. The van der Waals surface area contributed by atoms with Crippen LogP contribution in [0.4, 0.5) is 0 Å². The largest absolute Gasteiger partial charge is 0.315 e. The van der Waals surface area contributed by atoms with Crippen LogP contribution in [0.5, 0.6) is 0 Å². The first-order chi connectivity index (χ1) is 8.55. The molecule has 0 aliphatic carbocycles. The first-order valence-electron chi connectivity index (χ1n) is 7.37. The van der Waals surface area contributed by atoms with Crippen molar-refractivity contribution in [2.45, 2.75) is 31.8 Å². The minimum atomic E-state index is 0.243. The maximum Gasteiger partial charge on any atom is 0.0310 e. The highest BCUT2D eigenvalue weighted by molar-refractivity contribution is 5.00. The molecule has 2 unspecified atom stereocenters. The lowest BCUT2D eigenvalue weighted by Crippen LogP contribution is -2.63. The standard InChI is InChI=1S/C14H30N4/c1-14(2,18-9-6-16-7-10-18)13(15-3)12-5-8-17(4)11-12/h12-13,15-16H,5-11H2,1-4H3. The van der Waals surface area contributed by atoms with Crippen molar-refractivity contribution < 1.29 is 0 Å². The lowest BCUT2D eigenvalue weighted by Gasteiger charge is -2.48. The fourth-order valence-electron chi connectivity index (χ4n) is 3.84. The van der Waals surface area contributed by atoms with Crippen LogP contribution in [0.2, 0.25) is 0 Å². The third-order valence-electron chi connectivity index (χ3n) is 4.90. The molecule has 2 fully saturated rings. The predicted molar refractivity (Wildman–Crippen MR) is 77.0 cm³/mol. The summed E-state index contributed by atoms with van der Waals surface area (Å²) >= 11 is 0. The minimum absolute atomic E-state index is 0.243. The molecule has 2 aliphatic heterocycles. The maximum absolute atomic E-state index is 3.61. The van der Waals surface area contributed by atoms with Crippen LogP contribution in [0.25, 0.3) is 0 Å². The predicted octanol–water partition coefficient (Wildman–Crippen LogP) is 0.210. The van der Waals surface area contributed by atoms with Crippen LogP contribution in [-0.4, -0.2) is 74.7 Å². The van der Waals surface area contributed by atoms with Crippen molar-refractivity contribution in [1.82, 2.24) is 20.4 Å². The van der Waals surface area contributed by atoms with E-state index in [1.807, 2.05) is 0 Å². The van der Waals surface area contributed by atoms with Gasteiger partial charge in [0.1, 0.15) is 0 Å². The van der Waals surface area contributed by atoms with Gasteiger partial charge in [-0.2, -0.15) is 0 Å². The van der Waals surface area contributed by atoms with E-state index in [9.17, 15) is 0 Å². The van der Waals surface area contributed by atoms with Gasteiger partial charge in [-0.15, -0.1) is 0 Å². The van der Waals surface area contributed by atoms with Crippen LogP contribution in [0.1, 0.15) is 20.3 Å². The molecule has 4 nitrogen and oxygen atoms in total. The van der Waals surface area contributed by atoms with Gasteiger partial charge >= 0.3 is 0 Å². The van der Waals surface area contributed by atoms with E-state index in [0.717, 1.165) is 19.0 Å². The number of rotatable bonds is 4. The van der Waals surface area contributed by atoms with Crippen LogP contribution in [-0.2, 0) is 0 Å². The number of likely N-dealkylation sites (tertiary alicyclic amines) is 1. The lowest BCUT2D eigenvalue weighted by molar-refractivity contribution is 0.0501. The number of nitrogens with one attached hydrogen (secondary N) is 2. The molecule has 106 valence electrons. The third kappa shape index (κ3) is 2.87. The molecule has 2 atom stereocenters. The van der Waals surface area contributed by atoms with Gasteiger partial charge in [-0.25, -0.2) is 0 Å². The average molecular weight is 254 g/mol. The van der Waals surface area contributed by atoms with Crippen molar-refractivity contribution >= 4 is 0 Å². The summed E-state index contributed by atoms with van der Waals surface area (Å²) in [5.74, 6) is 0.782. The summed E-state index contributed by atoms with van der Waals surface area (Å²) in [6.07, 6.45) is 1.33. The van der Waals surface area contributed by atoms with Crippen LogP contribution in [0.15, 0.2) is 0 Å². The van der Waals surface area contributed by atoms with Gasteiger partial charge in [-0.1, -0.05) is 0 Å². The van der Waals surface area contributed by atoms with Gasteiger partial charge in [0.05, 0.1) is 0 Å². The highest BCUT2D eigenvalue weighted by Gasteiger charge is 2.41. The minimum Gasteiger partial charge on any atom is -0.315 e. The van der Waals surface area contributed by atoms with E-state index in [-0.39, 0.29) is 5.54 Å². The quantitative estimate of drug-likeness (QED) is 0.751. The Morgan fingerprint density at radius 2 is 1.89 bits per heavy atom. The van der Waals surface area contributed by atoms with Gasteiger partial charge in [-0.3, -0.25) is 4.90 Å². The molecular formula is C14H30N4. The molecule has 0 spiro atoms. The Balaban J connectivity index is 2.04. The summed E-state index contributed by atoms with van der Waals surface area (Å²) in [4.78, 5) is 5.12. The van der Waals surface area contributed by atoms with E-state index in [2.05, 4.69) is 48.4 Å². The van der Waals surface area contributed by atoms with E-state index >= 15 is 0 Å². The second-order valence-electron chi connectivity index (χ2n) is 6.47. The molecule has 18 heavy (non-hydrogen) atoms. The normalized spacial score (nSPS) is 29.7. The van der Waals surface area contributed by atoms with Gasteiger partial charge in [0, 0.05) is 44.3 Å². The molecule has 0 saturated carbocycles. The molecule has 2 heterocycles. The molecule has 0 bridgehead atoms. The number of likely N-dealkylation sites (N-methyl/N-ethyl adjacent to an activating group) is 1. The zero-order chi connectivity index (χ0) is 13.2. The molecule has 2 rings (SSSR count). The van der Waals surface area contributed by atoms with Crippen molar-refractivity contribution in [3.8, 4) is 0 Å². The van der Waals surface area contributed by atoms with Crippen LogP contribution >= 0.6 is 0 Å². The topological polar surface area (TPSA) is 30.5 Å². The van der Waals surface area contributed by atoms with Crippen LogP contribution in [0, 0.1) is 5.92 Å². The third-order valence-corrected chi connectivity index (χ3v) is 4.90. The van der Waals surface area contributed by atoms with Gasteiger partial charge < -0.3 is 15.5 Å². The Hall–Kier alpha value is -0.160. The number of hydrogen-bond donors (Lipinski definition) is 2. The number of piperazine rings is 1. The molecule has 0 aromatic carbocycles. The molecule has 0 aromatic heterocycles. The summed E-state index contributed by atoms with van der Waals surface area (Å²) in [5.41, 5.74) is 0.243. The summed E-state index contributed by atoms with van der Waals surface area (Å²) in [5, 5.41) is 7.06. The summed E-state index contributed by atoms with van der Waals surface area (Å²) < 4.78 is 0. The van der Waals surface area contributed by atoms with E-state index in [0.29, 0.717) is 6.04 Å². The summed E-state index contributed by atoms with van der Waals surface area (Å²) in [6.45, 7) is 11.9. The van der Waals surface area contributed by atoms with Crippen molar-refractivity contribution in [2.24, 2.45) is 5.92 Å². The molecule has 2 N–H and O–H groups in total. The Labute approximate surface area is 112 Å². The molecule has 0 amide bonds. The van der Waals surface area contributed by atoms with E-state index in [1.165, 1.54) is 32.6 Å². The first kappa shape index (κ1) is 14.3. The van der Waals surface area contributed by atoms with Crippen molar-refractivity contribution in [3.63, 3.8) is 0 Å². The Kier molecular flexibility index (Phi) is 4.64. The Bertz CT molecular complexity index is 261. The van der Waals surface area contributed by atoms with Gasteiger partial charge in [0.25, 0.3) is 0 Å². The highest BCUT2D eigenvalue weighted by Crippen LogP contribution is 2.29.